The van der Waals surface area contributed by atoms with Crippen LogP contribution in [-0.4, -0.2) is 19.8 Å². The van der Waals surface area contributed by atoms with Gasteiger partial charge in [-0.25, -0.2) is 0 Å². The van der Waals surface area contributed by atoms with Crippen molar-refractivity contribution >= 4 is 11.3 Å². The summed E-state index contributed by atoms with van der Waals surface area (Å²) in [6.07, 6.45) is 2.49. The summed E-state index contributed by atoms with van der Waals surface area (Å²) in [6.45, 7) is 5.05. The summed E-state index contributed by atoms with van der Waals surface area (Å²) in [4.78, 5) is 0. The summed E-state index contributed by atoms with van der Waals surface area (Å²) in [5, 5.41) is 7.99. The summed E-state index contributed by atoms with van der Waals surface area (Å²) in [5.41, 5.74) is 1.43. The van der Waals surface area contributed by atoms with Gasteiger partial charge in [-0.15, -0.1) is 0 Å². The van der Waals surface area contributed by atoms with E-state index in [0.29, 0.717) is 12.0 Å². The first-order valence-electron chi connectivity index (χ1n) is 5.75. The van der Waals surface area contributed by atoms with Crippen molar-refractivity contribution < 1.29 is 4.74 Å². The van der Waals surface area contributed by atoms with Crippen molar-refractivity contribution in [2.24, 2.45) is 5.92 Å². The second kappa shape index (κ2) is 5.64. The van der Waals surface area contributed by atoms with E-state index in [4.69, 9.17) is 4.74 Å². The first kappa shape index (κ1) is 11.1. The van der Waals surface area contributed by atoms with Crippen molar-refractivity contribution in [2.45, 2.75) is 25.8 Å². The SMILES string of the molecule is CCNC(c1ccsc1)C1CCCOC1. The van der Waals surface area contributed by atoms with E-state index in [1.165, 1.54) is 18.4 Å². The van der Waals surface area contributed by atoms with E-state index < -0.39 is 0 Å². The van der Waals surface area contributed by atoms with Gasteiger partial charge in [-0.05, 0) is 41.8 Å². The third-order valence-electron chi connectivity index (χ3n) is 2.99. The zero-order valence-electron chi connectivity index (χ0n) is 9.24. The van der Waals surface area contributed by atoms with Gasteiger partial charge in [0.15, 0.2) is 0 Å². The number of hydrogen-bond acceptors (Lipinski definition) is 3. The minimum Gasteiger partial charge on any atom is -0.381 e. The van der Waals surface area contributed by atoms with Gasteiger partial charge in [-0.1, -0.05) is 6.92 Å². The first-order chi connectivity index (χ1) is 7.42. The van der Waals surface area contributed by atoms with Gasteiger partial charge in [0, 0.05) is 18.6 Å². The Hall–Kier alpha value is -0.380. The second-order valence-corrected chi connectivity index (χ2v) is 4.85. The molecular weight excluding hydrogens is 206 g/mol. The zero-order chi connectivity index (χ0) is 10.5. The van der Waals surface area contributed by atoms with E-state index in [-0.39, 0.29) is 0 Å². The van der Waals surface area contributed by atoms with Crippen LogP contribution in [0, 0.1) is 5.92 Å². The Morgan fingerprint density at radius 2 is 2.60 bits per heavy atom. The number of ether oxygens (including phenoxy) is 1. The van der Waals surface area contributed by atoms with Crippen LogP contribution in [0.4, 0.5) is 0 Å². The van der Waals surface area contributed by atoms with Crippen LogP contribution in [0.2, 0.25) is 0 Å². The lowest BCUT2D eigenvalue weighted by Crippen LogP contribution is -2.33. The second-order valence-electron chi connectivity index (χ2n) is 4.07. The molecule has 15 heavy (non-hydrogen) atoms. The highest BCUT2D eigenvalue weighted by molar-refractivity contribution is 7.07. The molecule has 1 fully saturated rings. The molecule has 0 bridgehead atoms. The Morgan fingerprint density at radius 1 is 1.67 bits per heavy atom. The normalized spacial score (nSPS) is 23.9. The Bertz CT molecular complexity index is 267. The lowest BCUT2D eigenvalue weighted by molar-refractivity contribution is 0.0393. The molecule has 2 atom stereocenters. The minimum atomic E-state index is 0.488. The summed E-state index contributed by atoms with van der Waals surface area (Å²) in [6, 6.07) is 2.72. The van der Waals surface area contributed by atoms with Gasteiger partial charge in [0.05, 0.1) is 6.61 Å². The van der Waals surface area contributed by atoms with Crippen molar-refractivity contribution in [3.63, 3.8) is 0 Å². The van der Waals surface area contributed by atoms with E-state index in [1.54, 1.807) is 11.3 Å². The monoisotopic (exact) mass is 225 g/mol. The van der Waals surface area contributed by atoms with Crippen molar-refractivity contribution in [1.29, 1.82) is 0 Å². The fraction of sp³-hybridized carbons (Fsp3) is 0.667. The molecule has 1 aliphatic heterocycles. The molecule has 2 rings (SSSR count). The highest BCUT2D eigenvalue weighted by atomic mass is 32.1. The Balaban J connectivity index is 2.04. The molecule has 0 amide bonds. The van der Waals surface area contributed by atoms with Crippen LogP contribution in [0.3, 0.4) is 0 Å². The van der Waals surface area contributed by atoms with Crippen molar-refractivity contribution in [1.82, 2.24) is 5.32 Å². The maximum Gasteiger partial charge on any atom is 0.0512 e. The topological polar surface area (TPSA) is 21.3 Å². The zero-order valence-corrected chi connectivity index (χ0v) is 10.1. The third kappa shape index (κ3) is 2.80. The van der Waals surface area contributed by atoms with Crippen LogP contribution in [-0.2, 0) is 4.74 Å². The van der Waals surface area contributed by atoms with Crippen molar-refractivity contribution in [3.05, 3.63) is 22.4 Å². The molecule has 1 aliphatic rings. The maximum atomic E-state index is 5.57. The molecule has 1 aromatic heterocycles. The Morgan fingerprint density at radius 3 is 3.20 bits per heavy atom. The average molecular weight is 225 g/mol. The summed E-state index contributed by atoms with van der Waals surface area (Å²) >= 11 is 1.78. The van der Waals surface area contributed by atoms with Crippen LogP contribution in [0.5, 0.6) is 0 Å². The largest absolute Gasteiger partial charge is 0.381 e. The maximum absolute atomic E-state index is 5.57. The molecule has 0 spiro atoms. The molecule has 1 N–H and O–H groups in total. The predicted octanol–water partition coefficient (Wildman–Crippen LogP) is 2.83. The van der Waals surface area contributed by atoms with E-state index in [2.05, 4.69) is 29.1 Å². The van der Waals surface area contributed by atoms with Gasteiger partial charge in [0.25, 0.3) is 0 Å². The smallest absolute Gasteiger partial charge is 0.0512 e. The number of nitrogens with one attached hydrogen (secondary N) is 1. The van der Waals surface area contributed by atoms with Crippen LogP contribution >= 0.6 is 11.3 Å². The molecule has 2 unspecified atom stereocenters. The highest BCUT2D eigenvalue weighted by Crippen LogP contribution is 2.29. The van der Waals surface area contributed by atoms with Gasteiger partial charge in [0.1, 0.15) is 0 Å². The van der Waals surface area contributed by atoms with Crippen LogP contribution < -0.4 is 5.32 Å². The molecular formula is C12H19NOS. The van der Waals surface area contributed by atoms with Gasteiger partial charge in [-0.2, -0.15) is 11.3 Å². The highest BCUT2D eigenvalue weighted by Gasteiger charge is 2.24. The van der Waals surface area contributed by atoms with E-state index in [9.17, 15) is 0 Å². The molecule has 0 aliphatic carbocycles. The number of rotatable bonds is 4. The average Bonchev–Trinajstić information content (AvgIpc) is 2.80. The van der Waals surface area contributed by atoms with Gasteiger partial charge >= 0.3 is 0 Å². The van der Waals surface area contributed by atoms with Crippen molar-refractivity contribution in [2.75, 3.05) is 19.8 Å². The van der Waals surface area contributed by atoms with E-state index >= 15 is 0 Å². The summed E-state index contributed by atoms with van der Waals surface area (Å²) in [5.74, 6) is 0.647. The summed E-state index contributed by atoms with van der Waals surface area (Å²) < 4.78 is 5.57. The van der Waals surface area contributed by atoms with Crippen LogP contribution in [0.25, 0.3) is 0 Å². The van der Waals surface area contributed by atoms with Gasteiger partial charge in [-0.3, -0.25) is 0 Å². The molecule has 1 saturated heterocycles. The quantitative estimate of drug-likeness (QED) is 0.851. The molecule has 2 heterocycles. The van der Waals surface area contributed by atoms with E-state index in [1.807, 2.05) is 0 Å². The van der Waals surface area contributed by atoms with E-state index in [0.717, 1.165) is 19.8 Å². The molecule has 3 heteroatoms. The third-order valence-corrected chi connectivity index (χ3v) is 3.69. The van der Waals surface area contributed by atoms with Crippen LogP contribution in [0.1, 0.15) is 31.4 Å². The molecule has 1 aromatic rings. The molecule has 0 saturated carbocycles. The first-order valence-corrected chi connectivity index (χ1v) is 6.69. The number of hydrogen-bond donors (Lipinski definition) is 1. The lowest BCUT2D eigenvalue weighted by atomic mass is 9.90. The fourth-order valence-corrected chi connectivity index (χ4v) is 2.95. The van der Waals surface area contributed by atoms with Gasteiger partial charge < -0.3 is 10.1 Å². The van der Waals surface area contributed by atoms with Crippen LogP contribution in [0.15, 0.2) is 16.8 Å². The molecule has 0 aromatic carbocycles. The minimum absolute atomic E-state index is 0.488. The summed E-state index contributed by atoms with van der Waals surface area (Å²) in [7, 11) is 0. The van der Waals surface area contributed by atoms with Gasteiger partial charge in [0.2, 0.25) is 0 Å². The standard InChI is InChI=1S/C12H19NOS/c1-2-13-12(11-5-7-15-9-11)10-4-3-6-14-8-10/h5,7,9-10,12-13H,2-4,6,8H2,1H3. The Labute approximate surface area is 95.6 Å². The predicted molar refractivity (Wildman–Crippen MR) is 64.3 cm³/mol. The van der Waals surface area contributed by atoms with Crippen molar-refractivity contribution in [3.8, 4) is 0 Å². The molecule has 0 radical (unpaired) electrons. The molecule has 84 valence electrons. The molecule has 2 nitrogen and oxygen atoms in total. The number of thiophene rings is 1. The fourth-order valence-electron chi connectivity index (χ4n) is 2.26. The Kier molecular flexibility index (Phi) is 4.18. The lowest BCUT2D eigenvalue weighted by Gasteiger charge is -2.30.